The molecule has 0 N–H and O–H groups in total. The predicted octanol–water partition coefficient (Wildman–Crippen LogP) is 3.94. The van der Waals surface area contributed by atoms with Crippen LogP contribution in [0.4, 0.5) is 0 Å². The number of hydrogen-bond donors (Lipinski definition) is 0. The Bertz CT molecular complexity index is 368. The van der Waals surface area contributed by atoms with E-state index in [1.165, 1.54) is 50.1 Å². The molecular formula is C13H18ClNOS. The van der Waals surface area contributed by atoms with Crippen molar-refractivity contribution in [2.45, 2.75) is 31.9 Å². The molecule has 17 heavy (non-hydrogen) atoms. The molecular weight excluding hydrogens is 254 g/mol. The molecule has 3 heterocycles. The first-order valence-corrected chi connectivity index (χ1v) is 7.17. The third kappa shape index (κ3) is 2.95. The van der Waals surface area contributed by atoms with Crippen molar-refractivity contribution in [1.82, 2.24) is 4.90 Å². The predicted molar refractivity (Wildman–Crippen MR) is 72.6 cm³/mol. The van der Waals surface area contributed by atoms with Gasteiger partial charge in [0, 0.05) is 13.1 Å². The van der Waals surface area contributed by atoms with Crippen molar-refractivity contribution in [3.8, 4) is 5.06 Å². The number of halogens is 1. The second-order valence-corrected chi connectivity index (χ2v) is 6.39. The van der Waals surface area contributed by atoms with E-state index in [-0.39, 0.29) is 13.7 Å². The molecule has 94 valence electrons. The van der Waals surface area contributed by atoms with E-state index in [1.54, 1.807) is 0 Å². The summed E-state index contributed by atoms with van der Waals surface area (Å²) in [6.07, 6.45) is 5.51. The van der Waals surface area contributed by atoms with Gasteiger partial charge in [-0.15, -0.1) is 0 Å². The monoisotopic (exact) mass is 271 g/mol. The van der Waals surface area contributed by atoms with Gasteiger partial charge in [-0.2, -0.15) is 0 Å². The number of rotatable bonds is 2. The average Bonchev–Trinajstić information content (AvgIpc) is 2.69. The van der Waals surface area contributed by atoms with Crippen LogP contribution in [-0.2, 0) is 0 Å². The Kier molecular flexibility index (Phi) is 4.34. The maximum Gasteiger partial charge on any atom is 0.177 e. The third-order valence-corrected chi connectivity index (χ3v) is 4.70. The summed E-state index contributed by atoms with van der Waals surface area (Å²) in [6.45, 7) is 2.42. The fourth-order valence-corrected chi connectivity index (χ4v) is 3.70. The molecule has 2 aliphatic heterocycles. The van der Waals surface area contributed by atoms with Gasteiger partial charge in [-0.05, 0) is 43.7 Å². The van der Waals surface area contributed by atoms with Crippen molar-refractivity contribution in [1.29, 1.82) is 0 Å². The highest BCUT2D eigenvalue weighted by Gasteiger charge is 2.32. The van der Waals surface area contributed by atoms with E-state index in [0.29, 0.717) is 0 Å². The van der Waals surface area contributed by atoms with Crippen molar-refractivity contribution in [3.05, 3.63) is 23.9 Å². The first-order valence-electron chi connectivity index (χ1n) is 5.97. The van der Waals surface area contributed by atoms with Crippen molar-refractivity contribution < 1.29 is 4.74 Å². The number of hydrogen-bond acceptors (Lipinski definition) is 3. The zero-order chi connectivity index (χ0) is 11.0. The molecule has 3 atom stereocenters. The molecule has 0 aliphatic carbocycles. The Hall–Kier alpha value is -0.250. The SMILES string of the molecule is Clc1ccc(OC2CCC3CCCN2C3)s1.[CH2]. The minimum Gasteiger partial charge on any atom is -0.466 e. The van der Waals surface area contributed by atoms with Gasteiger partial charge < -0.3 is 4.74 Å². The molecule has 3 unspecified atom stereocenters. The summed E-state index contributed by atoms with van der Waals surface area (Å²) in [5, 5.41) is 0.957. The van der Waals surface area contributed by atoms with Gasteiger partial charge >= 0.3 is 0 Å². The van der Waals surface area contributed by atoms with Gasteiger partial charge in [-0.3, -0.25) is 4.90 Å². The highest BCUT2D eigenvalue weighted by molar-refractivity contribution is 7.17. The lowest BCUT2D eigenvalue weighted by Gasteiger charge is -2.42. The molecule has 4 heteroatoms. The smallest absolute Gasteiger partial charge is 0.177 e. The van der Waals surface area contributed by atoms with Crippen LogP contribution < -0.4 is 4.74 Å². The van der Waals surface area contributed by atoms with Gasteiger partial charge in [0.25, 0.3) is 0 Å². The largest absolute Gasteiger partial charge is 0.466 e. The Labute approximate surface area is 113 Å². The molecule has 1 aromatic heterocycles. The lowest BCUT2D eigenvalue weighted by atomic mass is 9.89. The van der Waals surface area contributed by atoms with Gasteiger partial charge in [-0.1, -0.05) is 30.4 Å². The second kappa shape index (κ2) is 5.59. The Balaban J connectivity index is 0.00000108. The van der Waals surface area contributed by atoms with E-state index in [0.717, 1.165) is 15.3 Å². The van der Waals surface area contributed by atoms with E-state index < -0.39 is 0 Å². The minimum absolute atomic E-state index is 0. The van der Waals surface area contributed by atoms with E-state index in [1.807, 2.05) is 12.1 Å². The molecule has 0 saturated carbocycles. The summed E-state index contributed by atoms with van der Waals surface area (Å²) in [7, 11) is 0. The van der Waals surface area contributed by atoms with Crippen LogP contribution in [0.25, 0.3) is 0 Å². The molecule has 2 fully saturated rings. The number of nitrogens with zero attached hydrogens (tertiary/aromatic N) is 1. The van der Waals surface area contributed by atoms with Crippen molar-refractivity contribution in [2.24, 2.45) is 5.92 Å². The lowest BCUT2D eigenvalue weighted by molar-refractivity contribution is -0.0410. The zero-order valence-electron chi connectivity index (χ0n) is 9.90. The number of piperidine rings is 2. The summed E-state index contributed by atoms with van der Waals surface area (Å²) >= 11 is 7.44. The van der Waals surface area contributed by atoms with Crippen LogP contribution in [0.2, 0.25) is 4.34 Å². The van der Waals surface area contributed by atoms with E-state index in [9.17, 15) is 0 Å². The summed E-state index contributed by atoms with van der Waals surface area (Å²) < 4.78 is 6.83. The normalized spacial score (nSPS) is 31.7. The molecule has 2 bridgehead atoms. The highest BCUT2D eigenvalue weighted by Crippen LogP contribution is 2.34. The standard InChI is InChI=1S/C12H16ClNOS.CH2/c13-10-4-6-12(16-10)15-11-5-3-9-2-1-7-14(11)8-9;/h4,6,9,11H,1-3,5,7-8H2;1H2. The van der Waals surface area contributed by atoms with Gasteiger partial charge in [-0.25, -0.2) is 0 Å². The highest BCUT2D eigenvalue weighted by atomic mass is 35.5. The summed E-state index contributed by atoms with van der Waals surface area (Å²) in [5.41, 5.74) is 0. The Morgan fingerprint density at radius 1 is 1.29 bits per heavy atom. The molecule has 2 nitrogen and oxygen atoms in total. The fourth-order valence-electron chi connectivity index (χ4n) is 2.78. The Morgan fingerprint density at radius 2 is 2.18 bits per heavy atom. The Morgan fingerprint density at radius 3 is 2.94 bits per heavy atom. The fraction of sp³-hybridized carbons (Fsp3) is 0.615. The maximum atomic E-state index is 6.02. The average molecular weight is 272 g/mol. The third-order valence-electron chi connectivity index (χ3n) is 3.58. The molecule has 1 aromatic rings. The topological polar surface area (TPSA) is 12.5 Å². The van der Waals surface area contributed by atoms with Crippen LogP contribution in [0.15, 0.2) is 12.1 Å². The van der Waals surface area contributed by atoms with Crippen molar-refractivity contribution in [3.63, 3.8) is 0 Å². The first-order chi connectivity index (χ1) is 7.81. The van der Waals surface area contributed by atoms with E-state index in [2.05, 4.69) is 4.90 Å². The van der Waals surface area contributed by atoms with Crippen molar-refractivity contribution >= 4 is 22.9 Å². The molecule has 2 radical (unpaired) electrons. The lowest BCUT2D eigenvalue weighted by Crippen LogP contribution is -2.49. The number of ether oxygens (including phenoxy) is 1. The number of thiophene rings is 1. The van der Waals surface area contributed by atoms with E-state index >= 15 is 0 Å². The quantitative estimate of drug-likeness (QED) is 0.808. The van der Waals surface area contributed by atoms with Crippen LogP contribution in [0.3, 0.4) is 0 Å². The maximum absolute atomic E-state index is 6.02. The number of fused-ring (bicyclic) bond motifs is 2. The van der Waals surface area contributed by atoms with Gasteiger partial charge in [0.15, 0.2) is 11.3 Å². The van der Waals surface area contributed by atoms with Crippen LogP contribution >= 0.6 is 22.9 Å². The zero-order valence-corrected chi connectivity index (χ0v) is 11.5. The summed E-state index contributed by atoms with van der Waals surface area (Å²) in [6, 6.07) is 3.88. The minimum atomic E-state index is 0. The molecule has 3 rings (SSSR count). The molecule has 0 amide bonds. The molecule has 0 spiro atoms. The second-order valence-electron chi connectivity index (χ2n) is 4.71. The van der Waals surface area contributed by atoms with Crippen LogP contribution in [0.1, 0.15) is 25.7 Å². The summed E-state index contributed by atoms with van der Waals surface area (Å²) in [4.78, 5) is 2.49. The van der Waals surface area contributed by atoms with Crippen LogP contribution in [0, 0.1) is 13.3 Å². The van der Waals surface area contributed by atoms with Gasteiger partial charge in [0.2, 0.25) is 0 Å². The molecule has 0 aromatic carbocycles. The van der Waals surface area contributed by atoms with E-state index in [4.69, 9.17) is 16.3 Å². The van der Waals surface area contributed by atoms with Gasteiger partial charge in [0.1, 0.15) is 0 Å². The van der Waals surface area contributed by atoms with Crippen LogP contribution in [0.5, 0.6) is 5.06 Å². The van der Waals surface area contributed by atoms with Gasteiger partial charge in [0.05, 0.1) is 4.34 Å². The van der Waals surface area contributed by atoms with Crippen LogP contribution in [-0.4, -0.2) is 24.2 Å². The molecule has 2 aliphatic rings. The summed E-state index contributed by atoms with van der Waals surface area (Å²) in [5.74, 6) is 0.917. The van der Waals surface area contributed by atoms with Crippen molar-refractivity contribution in [2.75, 3.05) is 13.1 Å². The first kappa shape index (κ1) is 13.2. The molecule has 2 saturated heterocycles.